The Morgan fingerprint density at radius 1 is 1.57 bits per heavy atom. The third-order valence-electron chi connectivity index (χ3n) is 2.56. The Morgan fingerprint density at radius 3 is 2.79 bits per heavy atom. The molecule has 82 valence electrons. The summed E-state index contributed by atoms with van der Waals surface area (Å²) in [5.41, 5.74) is -0.578. The standard InChI is InChI=1S/C10H18O3S/c1-3-6-9(2)14(11,12)10-7-4-5-8-13-10/h3,9-10H,1,4-8H2,2H3. The molecule has 0 saturated carbocycles. The highest BCUT2D eigenvalue weighted by Gasteiger charge is 2.32. The summed E-state index contributed by atoms with van der Waals surface area (Å²) in [5.74, 6) is 0. The first-order chi connectivity index (χ1) is 6.59. The molecule has 0 aromatic heterocycles. The van der Waals surface area contributed by atoms with E-state index in [1.165, 1.54) is 0 Å². The molecule has 1 aliphatic heterocycles. The molecule has 0 aromatic carbocycles. The van der Waals surface area contributed by atoms with Crippen LogP contribution < -0.4 is 0 Å². The second-order valence-electron chi connectivity index (χ2n) is 3.72. The van der Waals surface area contributed by atoms with Crippen LogP contribution in [-0.4, -0.2) is 25.7 Å². The molecule has 0 amide bonds. The summed E-state index contributed by atoms with van der Waals surface area (Å²) in [6.45, 7) is 5.85. The fraction of sp³-hybridized carbons (Fsp3) is 0.800. The molecule has 0 N–H and O–H groups in total. The summed E-state index contributed by atoms with van der Waals surface area (Å²) in [4.78, 5) is 0. The van der Waals surface area contributed by atoms with Gasteiger partial charge in [-0.2, -0.15) is 0 Å². The van der Waals surface area contributed by atoms with Gasteiger partial charge in [-0.3, -0.25) is 0 Å². The van der Waals surface area contributed by atoms with Crippen LogP contribution in [-0.2, 0) is 14.6 Å². The van der Waals surface area contributed by atoms with E-state index < -0.39 is 15.3 Å². The third-order valence-corrected chi connectivity index (χ3v) is 4.98. The summed E-state index contributed by atoms with van der Waals surface area (Å²) in [6.07, 6.45) is 4.71. The summed E-state index contributed by atoms with van der Waals surface area (Å²) >= 11 is 0. The molecule has 14 heavy (non-hydrogen) atoms. The van der Waals surface area contributed by atoms with Crippen LogP contribution in [0.2, 0.25) is 0 Å². The van der Waals surface area contributed by atoms with Crippen molar-refractivity contribution in [3.63, 3.8) is 0 Å². The molecule has 3 nitrogen and oxygen atoms in total. The lowest BCUT2D eigenvalue weighted by Gasteiger charge is -2.25. The Hall–Kier alpha value is -0.350. The highest BCUT2D eigenvalue weighted by Crippen LogP contribution is 2.22. The molecule has 1 saturated heterocycles. The molecule has 0 aromatic rings. The number of allylic oxidation sites excluding steroid dienone is 1. The molecule has 2 unspecified atom stereocenters. The average Bonchev–Trinajstić information content (AvgIpc) is 2.19. The second kappa shape index (κ2) is 4.94. The van der Waals surface area contributed by atoms with Crippen LogP contribution in [0, 0.1) is 0 Å². The van der Waals surface area contributed by atoms with Gasteiger partial charge in [0.15, 0.2) is 15.3 Å². The molecule has 4 heteroatoms. The van der Waals surface area contributed by atoms with E-state index in [4.69, 9.17) is 4.74 Å². The third kappa shape index (κ3) is 2.58. The Bertz CT molecular complexity index is 276. The zero-order chi connectivity index (χ0) is 10.6. The van der Waals surface area contributed by atoms with Gasteiger partial charge in [0.25, 0.3) is 0 Å². The molecule has 0 spiro atoms. The van der Waals surface area contributed by atoms with E-state index in [1.807, 2.05) is 0 Å². The van der Waals surface area contributed by atoms with E-state index in [0.29, 0.717) is 19.4 Å². The fourth-order valence-electron chi connectivity index (χ4n) is 1.60. The monoisotopic (exact) mass is 218 g/mol. The van der Waals surface area contributed by atoms with Crippen molar-refractivity contribution < 1.29 is 13.2 Å². The van der Waals surface area contributed by atoms with Crippen molar-refractivity contribution in [2.45, 2.75) is 43.3 Å². The van der Waals surface area contributed by atoms with Crippen LogP contribution in [0.5, 0.6) is 0 Å². The maximum atomic E-state index is 11.9. The Balaban J connectivity index is 2.67. The van der Waals surface area contributed by atoms with Crippen molar-refractivity contribution in [3.8, 4) is 0 Å². The van der Waals surface area contributed by atoms with Gasteiger partial charge in [-0.05, 0) is 32.6 Å². The molecule has 1 rings (SSSR count). The zero-order valence-electron chi connectivity index (χ0n) is 8.61. The average molecular weight is 218 g/mol. The van der Waals surface area contributed by atoms with Crippen molar-refractivity contribution in [2.24, 2.45) is 0 Å². The molecule has 1 heterocycles. The summed E-state index contributed by atoms with van der Waals surface area (Å²) in [5, 5.41) is -0.372. The van der Waals surface area contributed by atoms with Crippen LogP contribution in [0.3, 0.4) is 0 Å². The normalized spacial score (nSPS) is 25.6. The smallest absolute Gasteiger partial charge is 0.179 e. The van der Waals surface area contributed by atoms with Crippen molar-refractivity contribution in [1.82, 2.24) is 0 Å². The largest absolute Gasteiger partial charge is 0.362 e. The van der Waals surface area contributed by atoms with Crippen LogP contribution >= 0.6 is 0 Å². The van der Waals surface area contributed by atoms with Gasteiger partial charge in [0, 0.05) is 6.61 Å². The number of ether oxygens (including phenoxy) is 1. The minimum atomic E-state index is -3.12. The number of hydrogen-bond donors (Lipinski definition) is 0. The first-order valence-electron chi connectivity index (χ1n) is 5.04. The van der Waals surface area contributed by atoms with Gasteiger partial charge in [-0.1, -0.05) is 6.08 Å². The summed E-state index contributed by atoms with van der Waals surface area (Å²) in [6, 6.07) is 0. The molecule has 1 aliphatic rings. The van der Waals surface area contributed by atoms with E-state index >= 15 is 0 Å². The van der Waals surface area contributed by atoms with Gasteiger partial charge in [0.2, 0.25) is 0 Å². The lowest BCUT2D eigenvalue weighted by atomic mass is 10.2. The number of rotatable bonds is 4. The highest BCUT2D eigenvalue weighted by atomic mass is 32.2. The van der Waals surface area contributed by atoms with Gasteiger partial charge >= 0.3 is 0 Å². The van der Waals surface area contributed by atoms with Gasteiger partial charge in [0.05, 0.1) is 5.25 Å². The van der Waals surface area contributed by atoms with Crippen molar-refractivity contribution >= 4 is 9.84 Å². The quantitative estimate of drug-likeness (QED) is 0.677. The SMILES string of the molecule is C=CCC(C)S(=O)(=O)C1CCCCO1. The molecule has 0 bridgehead atoms. The lowest BCUT2D eigenvalue weighted by Crippen LogP contribution is -2.34. The van der Waals surface area contributed by atoms with E-state index in [2.05, 4.69) is 6.58 Å². The molecule has 2 atom stereocenters. The maximum absolute atomic E-state index is 11.9. The van der Waals surface area contributed by atoms with Gasteiger partial charge < -0.3 is 4.74 Å². The van der Waals surface area contributed by atoms with Crippen molar-refractivity contribution in [1.29, 1.82) is 0 Å². The van der Waals surface area contributed by atoms with Crippen LogP contribution in [0.15, 0.2) is 12.7 Å². The summed E-state index contributed by atoms with van der Waals surface area (Å²) < 4.78 is 29.1. The van der Waals surface area contributed by atoms with Crippen molar-refractivity contribution in [2.75, 3.05) is 6.61 Å². The van der Waals surface area contributed by atoms with E-state index in [-0.39, 0.29) is 5.25 Å². The topological polar surface area (TPSA) is 43.4 Å². The van der Waals surface area contributed by atoms with Gasteiger partial charge in [-0.15, -0.1) is 6.58 Å². The number of sulfone groups is 1. The highest BCUT2D eigenvalue weighted by molar-refractivity contribution is 7.92. The van der Waals surface area contributed by atoms with Crippen molar-refractivity contribution in [3.05, 3.63) is 12.7 Å². The maximum Gasteiger partial charge on any atom is 0.179 e. The summed E-state index contributed by atoms with van der Waals surface area (Å²) in [7, 11) is -3.12. The van der Waals surface area contributed by atoms with E-state index in [0.717, 1.165) is 12.8 Å². The minimum Gasteiger partial charge on any atom is -0.362 e. The van der Waals surface area contributed by atoms with Crippen LogP contribution in [0.4, 0.5) is 0 Å². The predicted molar refractivity (Wildman–Crippen MR) is 56.8 cm³/mol. The molecule has 0 radical (unpaired) electrons. The van der Waals surface area contributed by atoms with Crippen LogP contribution in [0.25, 0.3) is 0 Å². The first kappa shape index (κ1) is 11.7. The van der Waals surface area contributed by atoms with Gasteiger partial charge in [0.1, 0.15) is 0 Å². The predicted octanol–water partition coefficient (Wildman–Crippen LogP) is 1.89. The fourth-order valence-corrected chi connectivity index (χ4v) is 3.30. The lowest BCUT2D eigenvalue weighted by molar-refractivity contribution is 0.0656. The Morgan fingerprint density at radius 2 is 2.29 bits per heavy atom. The van der Waals surface area contributed by atoms with E-state index in [9.17, 15) is 8.42 Å². The first-order valence-corrected chi connectivity index (χ1v) is 6.65. The molecule has 1 fully saturated rings. The minimum absolute atomic E-state index is 0.372. The molecule has 0 aliphatic carbocycles. The van der Waals surface area contributed by atoms with Crippen LogP contribution in [0.1, 0.15) is 32.6 Å². The zero-order valence-corrected chi connectivity index (χ0v) is 9.42. The Labute approximate surface area is 86.1 Å². The molecular formula is C10H18O3S. The molecular weight excluding hydrogens is 200 g/mol. The van der Waals surface area contributed by atoms with Gasteiger partial charge in [-0.25, -0.2) is 8.42 Å². The Kier molecular flexibility index (Phi) is 4.13. The second-order valence-corrected chi connectivity index (χ2v) is 6.23. The van der Waals surface area contributed by atoms with E-state index in [1.54, 1.807) is 13.0 Å². The number of hydrogen-bond acceptors (Lipinski definition) is 3.